The lowest BCUT2D eigenvalue weighted by atomic mass is 10.2. The third kappa shape index (κ3) is 4.54. The highest BCUT2D eigenvalue weighted by molar-refractivity contribution is 5.94. The van der Waals surface area contributed by atoms with E-state index in [-0.39, 0.29) is 0 Å². The molecule has 62 valence electrons. The molecule has 0 aromatic carbocycles. The normalized spacial score (nSPS) is 13.4. The molecule has 0 heterocycles. The summed E-state index contributed by atoms with van der Waals surface area (Å²) in [5.41, 5.74) is 2.36. The molecule has 0 aromatic rings. The second-order valence-corrected chi connectivity index (χ2v) is 2.51. The van der Waals surface area contributed by atoms with E-state index < -0.39 is 0 Å². The fourth-order valence-electron chi connectivity index (χ4n) is 0.573. The fraction of sp³-hybridized carbons (Fsp3) is 0.500. The van der Waals surface area contributed by atoms with Crippen molar-refractivity contribution in [2.24, 2.45) is 4.99 Å². The first-order valence-electron chi connectivity index (χ1n) is 4.09. The van der Waals surface area contributed by atoms with Crippen LogP contribution in [0.25, 0.3) is 0 Å². The Morgan fingerprint density at radius 3 is 2.36 bits per heavy atom. The number of allylic oxidation sites excluding steroid dienone is 2. The topological polar surface area (TPSA) is 12.4 Å². The minimum absolute atomic E-state index is 0.955. The summed E-state index contributed by atoms with van der Waals surface area (Å²) >= 11 is 0. The van der Waals surface area contributed by atoms with Gasteiger partial charge in [0.25, 0.3) is 0 Å². The standard InChI is InChI=1S/C10H17N/c1-5-9(4)8-11-10(6-2)7-3/h6,8H,2,5,7H2,1,3-4H3/b9-8+,11-10?. The van der Waals surface area contributed by atoms with Crippen LogP contribution in [0, 0.1) is 0 Å². The Morgan fingerprint density at radius 1 is 1.36 bits per heavy atom. The number of rotatable bonds is 4. The minimum atomic E-state index is 0.955. The largest absolute Gasteiger partial charge is 0.261 e. The molecule has 0 bridgehead atoms. The zero-order valence-electron chi connectivity index (χ0n) is 7.72. The SMILES string of the molecule is C=CC(CC)=N/C=C(\C)CC. The summed E-state index contributed by atoms with van der Waals surface area (Å²) in [4.78, 5) is 4.27. The van der Waals surface area contributed by atoms with Gasteiger partial charge in [0.15, 0.2) is 0 Å². The average molecular weight is 151 g/mol. The zero-order valence-corrected chi connectivity index (χ0v) is 7.72. The van der Waals surface area contributed by atoms with Gasteiger partial charge in [0.2, 0.25) is 0 Å². The fourth-order valence-corrected chi connectivity index (χ4v) is 0.573. The molecule has 1 heteroatoms. The van der Waals surface area contributed by atoms with Gasteiger partial charge in [-0.2, -0.15) is 0 Å². The van der Waals surface area contributed by atoms with Gasteiger partial charge in [-0.1, -0.05) is 26.0 Å². The lowest BCUT2D eigenvalue weighted by Crippen LogP contribution is -1.87. The van der Waals surface area contributed by atoms with E-state index in [0.29, 0.717) is 0 Å². The van der Waals surface area contributed by atoms with Gasteiger partial charge in [-0.15, -0.1) is 0 Å². The van der Waals surface area contributed by atoms with E-state index in [2.05, 4.69) is 32.3 Å². The highest BCUT2D eigenvalue weighted by atomic mass is 14.7. The Kier molecular flexibility index (Phi) is 5.44. The molecule has 11 heavy (non-hydrogen) atoms. The minimum Gasteiger partial charge on any atom is -0.261 e. The Hall–Kier alpha value is -0.850. The second-order valence-electron chi connectivity index (χ2n) is 2.51. The van der Waals surface area contributed by atoms with Crippen LogP contribution in [0.3, 0.4) is 0 Å². The van der Waals surface area contributed by atoms with E-state index in [0.717, 1.165) is 18.6 Å². The Balaban J connectivity index is 4.17. The first-order valence-corrected chi connectivity index (χ1v) is 4.09. The van der Waals surface area contributed by atoms with Gasteiger partial charge in [-0.3, -0.25) is 4.99 Å². The maximum atomic E-state index is 4.27. The summed E-state index contributed by atoms with van der Waals surface area (Å²) in [5.74, 6) is 0. The first-order chi connectivity index (χ1) is 5.24. The maximum Gasteiger partial charge on any atom is 0.0394 e. The summed E-state index contributed by atoms with van der Waals surface area (Å²) in [6.07, 6.45) is 5.74. The molecule has 0 aliphatic carbocycles. The van der Waals surface area contributed by atoms with Crippen LogP contribution in [-0.4, -0.2) is 5.71 Å². The molecule has 0 aromatic heterocycles. The van der Waals surface area contributed by atoms with Gasteiger partial charge in [0, 0.05) is 11.9 Å². The molecule has 0 N–H and O–H groups in total. The van der Waals surface area contributed by atoms with Crippen molar-refractivity contribution in [2.75, 3.05) is 0 Å². The molecule has 0 aliphatic heterocycles. The predicted octanol–water partition coefficient (Wildman–Crippen LogP) is 3.34. The average Bonchev–Trinajstić information content (AvgIpc) is 2.06. The number of hydrogen-bond acceptors (Lipinski definition) is 1. The lowest BCUT2D eigenvalue weighted by Gasteiger charge is -1.93. The molecule has 0 amide bonds. The van der Waals surface area contributed by atoms with Crippen molar-refractivity contribution in [1.82, 2.24) is 0 Å². The molecule has 1 nitrogen and oxygen atoms in total. The molecular weight excluding hydrogens is 134 g/mol. The first kappa shape index (κ1) is 10.2. The van der Waals surface area contributed by atoms with E-state index in [1.165, 1.54) is 5.57 Å². The van der Waals surface area contributed by atoms with Crippen molar-refractivity contribution in [3.05, 3.63) is 24.4 Å². The molecule has 0 unspecified atom stereocenters. The Bertz CT molecular complexity index is 175. The number of hydrogen-bond donors (Lipinski definition) is 0. The monoisotopic (exact) mass is 151 g/mol. The molecule has 0 saturated carbocycles. The molecule has 0 rings (SSSR count). The van der Waals surface area contributed by atoms with Crippen LogP contribution in [0.5, 0.6) is 0 Å². The number of nitrogens with zero attached hydrogens (tertiary/aromatic N) is 1. The van der Waals surface area contributed by atoms with Gasteiger partial charge in [-0.05, 0) is 25.8 Å². The molecule has 0 saturated heterocycles. The molecular formula is C10H17N. The van der Waals surface area contributed by atoms with Gasteiger partial charge in [0.05, 0.1) is 0 Å². The van der Waals surface area contributed by atoms with E-state index in [1.54, 1.807) is 6.08 Å². The van der Waals surface area contributed by atoms with Crippen molar-refractivity contribution in [3.8, 4) is 0 Å². The Labute approximate surface area is 69.5 Å². The predicted molar refractivity (Wildman–Crippen MR) is 52.0 cm³/mol. The van der Waals surface area contributed by atoms with Crippen molar-refractivity contribution in [2.45, 2.75) is 33.6 Å². The van der Waals surface area contributed by atoms with Crippen LogP contribution < -0.4 is 0 Å². The molecule has 0 aliphatic rings. The molecule has 0 spiro atoms. The third-order valence-electron chi connectivity index (χ3n) is 1.61. The van der Waals surface area contributed by atoms with Crippen LogP contribution >= 0.6 is 0 Å². The summed E-state index contributed by atoms with van der Waals surface area (Å²) in [6.45, 7) is 9.96. The number of aliphatic imine (C=N–C) groups is 1. The van der Waals surface area contributed by atoms with Gasteiger partial charge in [-0.25, -0.2) is 0 Å². The van der Waals surface area contributed by atoms with Crippen LogP contribution in [-0.2, 0) is 0 Å². The van der Waals surface area contributed by atoms with Crippen LogP contribution in [0.2, 0.25) is 0 Å². The molecule has 0 radical (unpaired) electrons. The maximum absolute atomic E-state index is 4.27. The summed E-state index contributed by atoms with van der Waals surface area (Å²) in [6, 6.07) is 0. The van der Waals surface area contributed by atoms with E-state index in [1.807, 2.05) is 6.20 Å². The summed E-state index contributed by atoms with van der Waals surface area (Å²) in [7, 11) is 0. The van der Waals surface area contributed by atoms with E-state index in [4.69, 9.17) is 0 Å². The van der Waals surface area contributed by atoms with Crippen molar-refractivity contribution >= 4 is 5.71 Å². The zero-order chi connectivity index (χ0) is 8.69. The van der Waals surface area contributed by atoms with Crippen LogP contribution in [0.15, 0.2) is 29.4 Å². The molecule has 0 fully saturated rings. The van der Waals surface area contributed by atoms with Crippen molar-refractivity contribution in [1.29, 1.82) is 0 Å². The van der Waals surface area contributed by atoms with Gasteiger partial charge < -0.3 is 0 Å². The lowest BCUT2D eigenvalue weighted by molar-refractivity contribution is 1.08. The quantitative estimate of drug-likeness (QED) is 0.546. The van der Waals surface area contributed by atoms with Crippen molar-refractivity contribution < 1.29 is 0 Å². The summed E-state index contributed by atoms with van der Waals surface area (Å²) < 4.78 is 0. The Morgan fingerprint density at radius 2 is 2.00 bits per heavy atom. The third-order valence-corrected chi connectivity index (χ3v) is 1.61. The second kappa shape index (κ2) is 5.90. The van der Waals surface area contributed by atoms with E-state index in [9.17, 15) is 0 Å². The highest BCUT2D eigenvalue weighted by Crippen LogP contribution is 1.99. The van der Waals surface area contributed by atoms with E-state index >= 15 is 0 Å². The van der Waals surface area contributed by atoms with Crippen LogP contribution in [0.4, 0.5) is 0 Å². The van der Waals surface area contributed by atoms with Crippen LogP contribution in [0.1, 0.15) is 33.6 Å². The highest BCUT2D eigenvalue weighted by Gasteiger charge is 1.85. The smallest absolute Gasteiger partial charge is 0.0394 e. The summed E-state index contributed by atoms with van der Waals surface area (Å²) in [5, 5.41) is 0. The van der Waals surface area contributed by atoms with Gasteiger partial charge >= 0.3 is 0 Å². The van der Waals surface area contributed by atoms with Crippen molar-refractivity contribution in [3.63, 3.8) is 0 Å². The molecule has 0 atom stereocenters. The van der Waals surface area contributed by atoms with Gasteiger partial charge in [0.1, 0.15) is 0 Å².